The van der Waals surface area contributed by atoms with E-state index in [9.17, 15) is 9.59 Å². The van der Waals surface area contributed by atoms with E-state index in [2.05, 4.69) is 4.98 Å². The lowest BCUT2D eigenvalue weighted by Gasteiger charge is -2.19. The standard InChI is InChI=1S/C23H24N2O5S/c1-14-6-7-18(10-15(14)2)25(16(3)26)23-24-17(13-31-23)12-30-22(27)20-11-19(28-4)8-9-21(20)29-5/h6-11,13H,12H2,1-5H3. The largest absolute Gasteiger partial charge is 0.497 e. The van der Waals surface area contributed by atoms with Crippen LogP contribution in [0.15, 0.2) is 41.8 Å². The number of aromatic nitrogens is 1. The van der Waals surface area contributed by atoms with Gasteiger partial charge >= 0.3 is 5.97 Å². The van der Waals surface area contributed by atoms with E-state index in [1.807, 2.05) is 32.0 Å². The monoisotopic (exact) mass is 440 g/mol. The Hall–Kier alpha value is -3.39. The molecule has 0 aliphatic heterocycles. The van der Waals surface area contributed by atoms with Gasteiger partial charge in [0.05, 0.1) is 25.6 Å². The molecule has 3 aromatic rings. The summed E-state index contributed by atoms with van der Waals surface area (Å²) >= 11 is 1.31. The van der Waals surface area contributed by atoms with Crippen molar-refractivity contribution >= 4 is 34.0 Å². The number of thiazole rings is 1. The Bertz CT molecular complexity index is 1110. The summed E-state index contributed by atoms with van der Waals surface area (Å²) in [5.74, 6) is 0.210. The summed E-state index contributed by atoms with van der Waals surface area (Å²) in [4.78, 5) is 30.9. The van der Waals surface area contributed by atoms with E-state index in [-0.39, 0.29) is 18.1 Å². The van der Waals surface area contributed by atoms with Gasteiger partial charge in [-0.15, -0.1) is 11.3 Å². The van der Waals surface area contributed by atoms with Gasteiger partial charge in [0.2, 0.25) is 5.91 Å². The maximum atomic E-state index is 12.6. The number of esters is 1. The van der Waals surface area contributed by atoms with Crippen LogP contribution in [0.4, 0.5) is 10.8 Å². The molecule has 0 spiro atoms. The van der Waals surface area contributed by atoms with Crippen molar-refractivity contribution in [2.75, 3.05) is 19.1 Å². The first-order valence-corrected chi connectivity index (χ1v) is 10.4. The fourth-order valence-corrected chi connectivity index (χ4v) is 3.82. The molecule has 0 aliphatic carbocycles. The van der Waals surface area contributed by atoms with Gasteiger partial charge in [-0.1, -0.05) is 6.07 Å². The maximum Gasteiger partial charge on any atom is 0.342 e. The zero-order chi connectivity index (χ0) is 22.5. The minimum atomic E-state index is -0.553. The van der Waals surface area contributed by atoms with Crippen molar-refractivity contribution in [1.29, 1.82) is 0 Å². The number of hydrogen-bond donors (Lipinski definition) is 0. The Morgan fingerprint density at radius 2 is 1.81 bits per heavy atom. The third-order valence-electron chi connectivity index (χ3n) is 4.77. The number of carbonyl (C=O) groups excluding carboxylic acids is 2. The molecule has 0 saturated carbocycles. The molecule has 0 aliphatic rings. The molecule has 1 aromatic heterocycles. The molecule has 0 saturated heterocycles. The first kappa shape index (κ1) is 22.3. The van der Waals surface area contributed by atoms with Gasteiger partial charge in [0.1, 0.15) is 23.7 Å². The topological polar surface area (TPSA) is 78.0 Å². The Morgan fingerprint density at radius 1 is 1.03 bits per heavy atom. The van der Waals surface area contributed by atoms with Gasteiger partial charge in [-0.25, -0.2) is 9.78 Å². The molecule has 162 valence electrons. The summed E-state index contributed by atoms with van der Waals surface area (Å²) in [5.41, 5.74) is 3.78. The van der Waals surface area contributed by atoms with Gasteiger partial charge in [0.15, 0.2) is 5.13 Å². The van der Waals surface area contributed by atoms with Gasteiger partial charge in [-0.2, -0.15) is 0 Å². The molecular formula is C23H24N2O5S. The smallest absolute Gasteiger partial charge is 0.342 e. The summed E-state index contributed by atoms with van der Waals surface area (Å²) in [6.07, 6.45) is 0. The Balaban J connectivity index is 1.77. The lowest BCUT2D eigenvalue weighted by Crippen LogP contribution is -2.22. The summed E-state index contributed by atoms with van der Waals surface area (Å²) in [7, 11) is 3.00. The molecule has 1 amide bonds. The molecule has 0 unspecified atom stereocenters. The third-order valence-corrected chi connectivity index (χ3v) is 5.65. The van der Waals surface area contributed by atoms with Gasteiger partial charge in [0, 0.05) is 12.3 Å². The normalized spacial score (nSPS) is 10.5. The van der Waals surface area contributed by atoms with Crippen molar-refractivity contribution in [1.82, 2.24) is 4.98 Å². The molecule has 0 N–H and O–H groups in total. The minimum Gasteiger partial charge on any atom is -0.497 e. The number of amides is 1. The molecule has 3 rings (SSSR count). The van der Waals surface area contributed by atoms with Crippen molar-refractivity contribution in [3.63, 3.8) is 0 Å². The zero-order valence-electron chi connectivity index (χ0n) is 18.1. The van der Waals surface area contributed by atoms with Crippen molar-refractivity contribution in [2.45, 2.75) is 27.4 Å². The van der Waals surface area contributed by atoms with Crippen LogP contribution in [0.25, 0.3) is 0 Å². The molecule has 8 heteroatoms. The van der Waals surface area contributed by atoms with Crippen LogP contribution < -0.4 is 14.4 Å². The molecule has 31 heavy (non-hydrogen) atoms. The second-order valence-electron chi connectivity index (χ2n) is 6.89. The van der Waals surface area contributed by atoms with Crippen molar-refractivity contribution in [3.8, 4) is 11.5 Å². The maximum absolute atomic E-state index is 12.6. The van der Waals surface area contributed by atoms with Crippen molar-refractivity contribution < 1.29 is 23.8 Å². The zero-order valence-corrected chi connectivity index (χ0v) is 18.9. The third kappa shape index (κ3) is 5.03. The van der Waals surface area contributed by atoms with Crippen LogP contribution in [-0.4, -0.2) is 31.1 Å². The lowest BCUT2D eigenvalue weighted by molar-refractivity contribution is -0.115. The van der Waals surface area contributed by atoms with E-state index in [0.29, 0.717) is 22.3 Å². The lowest BCUT2D eigenvalue weighted by atomic mass is 10.1. The van der Waals surface area contributed by atoms with Crippen molar-refractivity contribution in [3.05, 3.63) is 64.2 Å². The number of ether oxygens (including phenoxy) is 3. The van der Waals surface area contributed by atoms with Gasteiger partial charge in [0.25, 0.3) is 0 Å². The molecule has 0 radical (unpaired) electrons. The van der Waals surface area contributed by atoms with E-state index in [1.165, 1.54) is 32.5 Å². The average Bonchev–Trinajstić information content (AvgIpc) is 3.22. The summed E-state index contributed by atoms with van der Waals surface area (Å²) < 4.78 is 15.8. The second-order valence-corrected chi connectivity index (χ2v) is 7.72. The number of carbonyl (C=O) groups is 2. The van der Waals surface area contributed by atoms with E-state index >= 15 is 0 Å². The molecule has 0 bridgehead atoms. The van der Waals surface area contributed by atoms with E-state index in [1.54, 1.807) is 28.5 Å². The van der Waals surface area contributed by atoms with Gasteiger partial charge in [-0.3, -0.25) is 9.69 Å². The van der Waals surface area contributed by atoms with Crippen LogP contribution in [0.1, 0.15) is 34.1 Å². The Kier molecular flexibility index (Phi) is 6.91. The highest BCUT2D eigenvalue weighted by Crippen LogP contribution is 2.31. The number of aryl methyl sites for hydroxylation is 2. The van der Waals surface area contributed by atoms with Gasteiger partial charge < -0.3 is 14.2 Å². The quantitative estimate of drug-likeness (QED) is 0.490. The van der Waals surface area contributed by atoms with Gasteiger partial charge in [-0.05, 0) is 55.3 Å². The van der Waals surface area contributed by atoms with Crippen LogP contribution >= 0.6 is 11.3 Å². The molecular weight excluding hydrogens is 416 g/mol. The average molecular weight is 441 g/mol. The first-order valence-electron chi connectivity index (χ1n) is 9.55. The van der Waals surface area contributed by atoms with Crippen molar-refractivity contribution in [2.24, 2.45) is 0 Å². The Morgan fingerprint density at radius 3 is 2.45 bits per heavy atom. The number of benzene rings is 2. The SMILES string of the molecule is COc1ccc(OC)c(C(=O)OCc2csc(N(C(C)=O)c3ccc(C)c(C)c3)n2)c1. The van der Waals surface area contributed by atoms with E-state index in [0.717, 1.165) is 16.8 Å². The number of anilines is 2. The van der Waals surface area contributed by atoms with Crippen LogP contribution in [-0.2, 0) is 16.1 Å². The predicted molar refractivity (Wildman–Crippen MR) is 120 cm³/mol. The number of hydrogen-bond acceptors (Lipinski definition) is 7. The molecule has 0 atom stereocenters. The molecule has 2 aromatic carbocycles. The highest BCUT2D eigenvalue weighted by Gasteiger charge is 2.20. The number of rotatable bonds is 7. The summed E-state index contributed by atoms with van der Waals surface area (Å²) in [6, 6.07) is 10.7. The Labute approximate surface area is 185 Å². The number of nitrogens with zero attached hydrogens (tertiary/aromatic N) is 2. The fraction of sp³-hybridized carbons (Fsp3) is 0.261. The van der Waals surface area contributed by atoms with Crippen LogP contribution in [0, 0.1) is 13.8 Å². The molecule has 7 nitrogen and oxygen atoms in total. The molecule has 0 fully saturated rings. The highest BCUT2D eigenvalue weighted by molar-refractivity contribution is 7.14. The highest BCUT2D eigenvalue weighted by atomic mass is 32.1. The van der Waals surface area contributed by atoms with Crippen LogP contribution in [0.5, 0.6) is 11.5 Å². The summed E-state index contributed by atoms with van der Waals surface area (Å²) in [6.45, 7) is 5.47. The van der Waals surface area contributed by atoms with E-state index in [4.69, 9.17) is 14.2 Å². The first-order chi connectivity index (χ1) is 14.8. The summed E-state index contributed by atoms with van der Waals surface area (Å²) in [5, 5.41) is 2.28. The van der Waals surface area contributed by atoms with Crippen LogP contribution in [0.2, 0.25) is 0 Å². The van der Waals surface area contributed by atoms with Crippen LogP contribution in [0.3, 0.4) is 0 Å². The molecule has 1 heterocycles. The number of methoxy groups -OCH3 is 2. The predicted octanol–water partition coefficient (Wildman–Crippen LogP) is 4.82. The fourth-order valence-electron chi connectivity index (χ4n) is 2.95. The van der Waals surface area contributed by atoms with E-state index < -0.39 is 5.97 Å². The minimum absolute atomic E-state index is 0.0334. The second kappa shape index (κ2) is 9.61.